The molecule has 0 saturated heterocycles. The molecule has 2 N–H and O–H groups in total. The Hall–Kier alpha value is -5.30. The SMILES string of the molecule is O=C(C=Cc1ccccc1)Nc1cccc(NC(=O)C=Cc2ccccc2)c1C(=O)[N-][n+]1ccccc1. The van der Waals surface area contributed by atoms with Crippen molar-refractivity contribution in [2.45, 2.75) is 0 Å². The lowest BCUT2D eigenvalue weighted by molar-refractivity contribution is -0.617. The van der Waals surface area contributed by atoms with Crippen LogP contribution in [0.5, 0.6) is 0 Å². The summed E-state index contributed by atoms with van der Waals surface area (Å²) in [6.45, 7) is 0. The molecule has 3 amide bonds. The molecule has 4 aromatic rings. The van der Waals surface area contributed by atoms with Crippen molar-refractivity contribution in [3.8, 4) is 0 Å². The average molecular weight is 489 g/mol. The highest BCUT2D eigenvalue weighted by atomic mass is 16.2. The number of rotatable bonds is 8. The standard InChI is InChI=1S/C30H24N4O3/c35-27(19-17-23-11-4-1-5-12-23)31-25-15-10-16-26(29(25)30(37)33-34-21-8-3-9-22-34)32-28(36)20-18-24-13-6-2-7-14-24/h1-22H,(H,31,35)(H,32,36). The van der Waals surface area contributed by atoms with E-state index in [1.54, 1.807) is 60.9 Å². The molecule has 0 aliphatic carbocycles. The molecule has 0 fully saturated rings. The minimum atomic E-state index is -0.638. The Balaban J connectivity index is 1.59. The molecule has 0 unspecified atom stereocenters. The molecular formula is C30H24N4O3. The highest BCUT2D eigenvalue weighted by molar-refractivity contribution is 6.16. The fourth-order valence-electron chi connectivity index (χ4n) is 3.42. The fraction of sp³-hybridized carbons (Fsp3) is 0. The highest BCUT2D eigenvalue weighted by Crippen LogP contribution is 2.27. The molecule has 0 aliphatic rings. The normalized spacial score (nSPS) is 10.8. The molecule has 182 valence electrons. The second kappa shape index (κ2) is 12.4. The number of anilines is 2. The number of carbonyl (C=O) groups excluding carboxylic acids is 3. The summed E-state index contributed by atoms with van der Waals surface area (Å²) in [6.07, 6.45) is 9.31. The zero-order valence-electron chi connectivity index (χ0n) is 19.8. The second-order valence-corrected chi connectivity index (χ2v) is 7.86. The number of hydrogen-bond acceptors (Lipinski definition) is 3. The van der Waals surface area contributed by atoms with E-state index in [9.17, 15) is 14.4 Å². The maximum atomic E-state index is 13.3. The van der Waals surface area contributed by atoms with E-state index in [1.165, 1.54) is 16.8 Å². The van der Waals surface area contributed by atoms with E-state index in [0.717, 1.165) is 11.1 Å². The van der Waals surface area contributed by atoms with Gasteiger partial charge in [-0.25, -0.2) is 4.68 Å². The van der Waals surface area contributed by atoms with E-state index in [1.807, 2.05) is 60.7 Å². The minimum Gasteiger partial charge on any atom is -0.367 e. The van der Waals surface area contributed by atoms with E-state index in [0.29, 0.717) is 0 Å². The van der Waals surface area contributed by atoms with Gasteiger partial charge in [0.1, 0.15) is 5.91 Å². The zero-order valence-corrected chi connectivity index (χ0v) is 19.8. The average Bonchev–Trinajstić information content (AvgIpc) is 2.92. The first-order valence-electron chi connectivity index (χ1n) is 11.5. The summed E-state index contributed by atoms with van der Waals surface area (Å²) in [5, 5.41) is 5.47. The van der Waals surface area contributed by atoms with Crippen LogP contribution in [0.4, 0.5) is 11.4 Å². The predicted octanol–water partition coefficient (Wildman–Crippen LogP) is 5.26. The Bertz CT molecular complexity index is 1350. The summed E-state index contributed by atoms with van der Waals surface area (Å²) in [5.74, 6) is -1.50. The summed E-state index contributed by atoms with van der Waals surface area (Å²) >= 11 is 0. The largest absolute Gasteiger partial charge is 0.367 e. The second-order valence-electron chi connectivity index (χ2n) is 7.86. The quantitative estimate of drug-likeness (QED) is 0.262. The molecule has 0 bridgehead atoms. The van der Waals surface area contributed by atoms with Crippen molar-refractivity contribution in [1.29, 1.82) is 0 Å². The molecule has 0 atom stereocenters. The van der Waals surface area contributed by atoms with Crippen LogP contribution in [0, 0.1) is 0 Å². The van der Waals surface area contributed by atoms with Crippen LogP contribution in [0.1, 0.15) is 21.5 Å². The molecule has 0 saturated carbocycles. The van der Waals surface area contributed by atoms with E-state index in [2.05, 4.69) is 16.1 Å². The molecule has 4 rings (SSSR count). The van der Waals surface area contributed by atoms with Gasteiger partial charge in [-0.3, -0.25) is 9.59 Å². The van der Waals surface area contributed by atoms with Gasteiger partial charge in [0.2, 0.25) is 11.8 Å². The molecule has 1 aromatic heterocycles. The van der Waals surface area contributed by atoms with Gasteiger partial charge in [0.25, 0.3) is 0 Å². The van der Waals surface area contributed by atoms with Crippen LogP contribution in [0.25, 0.3) is 17.6 Å². The lowest BCUT2D eigenvalue weighted by atomic mass is 10.1. The summed E-state index contributed by atoms with van der Waals surface area (Å²) in [6, 6.07) is 28.8. The first-order valence-corrected chi connectivity index (χ1v) is 11.5. The molecule has 3 aromatic carbocycles. The van der Waals surface area contributed by atoms with Gasteiger partial charge in [0, 0.05) is 24.3 Å². The first-order chi connectivity index (χ1) is 18.1. The molecule has 7 heteroatoms. The monoisotopic (exact) mass is 488 g/mol. The van der Waals surface area contributed by atoms with Crippen LogP contribution in [-0.2, 0) is 9.59 Å². The number of pyridine rings is 1. The van der Waals surface area contributed by atoms with Gasteiger partial charge in [-0.15, -0.1) is 0 Å². The van der Waals surface area contributed by atoms with Crippen molar-refractivity contribution in [3.63, 3.8) is 0 Å². The molecule has 7 nitrogen and oxygen atoms in total. The first kappa shape index (κ1) is 24.8. The lowest BCUT2D eigenvalue weighted by Crippen LogP contribution is -2.31. The highest BCUT2D eigenvalue weighted by Gasteiger charge is 2.16. The number of hydrogen-bond donors (Lipinski definition) is 2. The third kappa shape index (κ3) is 7.34. The summed E-state index contributed by atoms with van der Waals surface area (Å²) in [7, 11) is 0. The van der Waals surface area contributed by atoms with Crippen molar-refractivity contribution in [2.75, 3.05) is 10.6 Å². The molecule has 37 heavy (non-hydrogen) atoms. The number of nitrogens with one attached hydrogen (secondary N) is 2. The van der Waals surface area contributed by atoms with Gasteiger partial charge in [-0.05, 0) is 35.4 Å². The third-order valence-electron chi connectivity index (χ3n) is 5.15. The van der Waals surface area contributed by atoms with Gasteiger partial charge in [0.15, 0.2) is 12.4 Å². The van der Waals surface area contributed by atoms with Crippen LogP contribution >= 0.6 is 0 Å². The number of nitrogens with zero attached hydrogens (tertiary/aromatic N) is 2. The Morgan fingerprint density at radius 1 is 0.595 bits per heavy atom. The lowest BCUT2D eigenvalue weighted by Gasteiger charge is -2.19. The topological polar surface area (TPSA) is 93.2 Å². The number of benzene rings is 3. The fourth-order valence-corrected chi connectivity index (χ4v) is 3.42. The summed E-state index contributed by atoms with van der Waals surface area (Å²) in [4.78, 5) is 38.6. The van der Waals surface area contributed by atoms with E-state index in [4.69, 9.17) is 0 Å². The van der Waals surface area contributed by atoms with Crippen LogP contribution in [0.3, 0.4) is 0 Å². The van der Waals surface area contributed by atoms with Gasteiger partial charge in [-0.1, -0.05) is 72.8 Å². The maximum Gasteiger partial charge on any atom is 0.248 e. The molecular weight excluding hydrogens is 464 g/mol. The van der Waals surface area contributed by atoms with Gasteiger partial charge >= 0.3 is 0 Å². The Kier molecular flexibility index (Phi) is 8.33. The van der Waals surface area contributed by atoms with Crippen LogP contribution in [-0.4, -0.2) is 17.7 Å². The van der Waals surface area contributed by atoms with E-state index in [-0.39, 0.29) is 16.9 Å². The number of carbonyl (C=O) groups is 3. The van der Waals surface area contributed by atoms with Crippen molar-refractivity contribution in [2.24, 2.45) is 0 Å². The van der Waals surface area contributed by atoms with E-state index < -0.39 is 17.7 Å². The number of aromatic nitrogens is 1. The van der Waals surface area contributed by atoms with Crippen molar-refractivity contribution < 1.29 is 19.1 Å². The van der Waals surface area contributed by atoms with Crippen molar-refractivity contribution in [1.82, 2.24) is 0 Å². The smallest absolute Gasteiger partial charge is 0.248 e. The Morgan fingerprint density at radius 2 is 1.05 bits per heavy atom. The van der Waals surface area contributed by atoms with Crippen molar-refractivity contribution >= 4 is 41.2 Å². The third-order valence-corrected chi connectivity index (χ3v) is 5.15. The maximum absolute atomic E-state index is 13.3. The van der Waals surface area contributed by atoms with E-state index >= 15 is 0 Å². The Labute approximate surface area is 214 Å². The molecule has 0 spiro atoms. The van der Waals surface area contributed by atoms with Gasteiger partial charge in [0.05, 0.1) is 16.9 Å². The van der Waals surface area contributed by atoms with Crippen LogP contribution in [0.2, 0.25) is 0 Å². The van der Waals surface area contributed by atoms with Crippen LogP contribution in [0.15, 0.2) is 122 Å². The molecule has 0 aliphatic heterocycles. The molecule has 0 radical (unpaired) electrons. The molecule has 1 heterocycles. The minimum absolute atomic E-state index is 0.0572. The summed E-state index contributed by atoms with van der Waals surface area (Å²) < 4.78 is 1.36. The Morgan fingerprint density at radius 3 is 1.54 bits per heavy atom. The van der Waals surface area contributed by atoms with Crippen molar-refractivity contribution in [3.05, 3.63) is 144 Å². The predicted molar refractivity (Wildman–Crippen MR) is 144 cm³/mol. The zero-order chi connectivity index (χ0) is 25.9. The van der Waals surface area contributed by atoms with Crippen LogP contribution < -0.4 is 15.3 Å². The van der Waals surface area contributed by atoms with Gasteiger partial charge in [-0.2, -0.15) is 0 Å². The summed E-state index contributed by atoms with van der Waals surface area (Å²) in [5.41, 5.74) is 6.30. The number of amides is 3. The van der Waals surface area contributed by atoms with Gasteiger partial charge < -0.3 is 20.9 Å².